The van der Waals surface area contributed by atoms with Crippen LogP contribution in [0.2, 0.25) is 5.02 Å². The van der Waals surface area contributed by atoms with Gasteiger partial charge in [-0.2, -0.15) is 4.98 Å². The summed E-state index contributed by atoms with van der Waals surface area (Å²) in [7, 11) is 1.51. The van der Waals surface area contributed by atoms with E-state index in [0.717, 1.165) is 80.1 Å². The molecule has 3 saturated heterocycles. The molecular formula is C41H45ClN10O7. The van der Waals surface area contributed by atoms with Gasteiger partial charge in [0.25, 0.3) is 23.3 Å². The van der Waals surface area contributed by atoms with Crippen LogP contribution in [0, 0.1) is 5.92 Å². The number of hydrogen-bond acceptors (Lipinski definition) is 13. The van der Waals surface area contributed by atoms with Gasteiger partial charge in [0, 0.05) is 82.6 Å². The quantitative estimate of drug-likeness (QED) is 0.187. The molecule has 1 atom stereocenters. The largest absolute Gasteiger partial charge is 0.478 e. The number of carbonyl (C=O) groups is 5. The minimum absolute atomic E-state index is 0.0822. The van der Waals surface area contributed by atoms with Crippen LogP contribution >= 0.6 is 11.6 Å². The number of benzene rings is 2. The third-order valence-electron chi connectivity index (χ3n) is 11.6. The molecule has 18 heteroatoms. The van der Waals surface area contributed by atoms with Crippen LogP contribution in [0.25, 0.3) is 10.9 Å². The third kappa shape index (κ3) is 8.04. The third-order valence-corrected chi connectivity index (χ3v) is 11.9. The van der Waals surface area contributed by atoms with Gasteiger partial charge in [0.15, 0.2) is 18.2 Å². The summed E-state index contributed by atoms with van der Waals surface area (Å²) in [6.07, 6.45) is 3.77. The van der Waals surface area contributed by atoms with E-state index in [1.54, 1.807) is 29.0 Å². The maximum absolute atomic E-state index is 13.4. The van der Waals surface area contributed by atoms with Crippen molar-refractivity contribution in [2.24, 2.45) is 5.92 Å². The van der Waals surface area contributed by atoms with Crippen LogP contribution in [0.3, 0.4) is 0 Å². The van der Waals surface area contributed by atoms with Gasteiger partial charge in [0.2, 0.25) is 17.8 Å². The lowest BCUT2D eigenvalue weighted by molar-refractivity contribution is -0.136. The topological polar surface area (TPSA) is 191 Å². The van der Waals surface area contributed by atoms with E-state index < -0.39 is 29.7 Å². The molecule has 2 aromatic heterocycles. The Labute approximate surface area is 344 Å². The summed E-state index contributed by atoms with van der Waals surface area (Å²) in [6.45, 7) is 7.85. The van der Waals surface area contributed by atoms with E-state index in [2.05, 4.69) is 35.6 Å². The zero-order valence-electron chi connectivity index (χ0n) is 32.8. The Hall–Kier alpha value is -6.07. The summed E-state index contributed by atoms with van der Waals surface area (Å²) in [4.78, 5) is 92.6. The van der Waals surface area contributed by atoms with E-state index in [1.807, 2.05) is 31.2 Å². The SMILES string of the molecule is CCn1c(=O)c(OCC(=O)NC)cc2cc(Nc3nc(N4CCN(CC5CCN(c6ccc7c(c6)C(=O)N(C6CCC(=O)NC6=O)C7=O)CC5)CC4)ncc3Cl)ccc21. The zero-order valence-corrected chi connectivity index (χ0v) is 33.6. The first-order chi connectivity index (χ1) is 28.5. The number of nitrogens with one attached hydrogen (secondary N) is 3. The van der Waals surface area contributed by atoms with Crippen molar-refractivity contribution in [3.63, 3.8) is 0 Å². The Bertz CT molecular complexity index is 2410. The predicted octanol–water partition coefficient (Wildman–Crippen LogP) is 2.77. The number of nitrogens with zero attached hydrogens (tertiary/aromatic N) is 7. The molecule has 0 radical (unpaired) electrons. The molecular weight excluding hydrogens is 780 g/mol. The maximum Gasteiger partial charge on any atom is 0.293 e. The first-order valence-electron chi connectivity index (χ1n) is 19.9. The number of carbonyl (C=O) groups excluding carboxylic acids is 5. The van der Waals surface area contributed by atoms with Gasteiger partial charge in [-0.25, -0.2) is 4.98 Å². The Kier molecular flexibility index (Phi) is 11.2. The number of amides is 5. The molecule has 4 aliphatic heterocycles. The van der Waals surface area contributed by atoms with E-state index in [9.17, 15) is 28.8 Å². The standard InChI is InChI=1S/C41H45ClN10O7/c1-3-51-31-7-4-26(18-25(31)19-33(40(51)58)59-23-35(54)43-2)45-36-30(42)21-44-41(47-36)50-16-14-48(15-17-50)22-24-10-12-49(13-11-24)27-5-6-28-29(20-27)39(57)52(38(28)56)32-8-9-34(53)46-37(32)55/h4-7,18-21,24,32H,3,8-17,22-23H2,1-2H3,(H,43,54)(H,44,45,47)(H,46,53,55). The number of anilines is 4. The predicted molar refractivity (Wildman–Crippen MR) is 220 cm³/mol. The number of imide groups is 2. The van der Waals surface area contributed by atoms with Crippen LogP contribution in [-0.4, -0.2) is 119 Å². The van der Waals surface area contributed by atoms with Crippen LogP contribution in [0.4, 0.5) is 23.1 Å². The summed E-state index contributed by atoms with van der Waals surface area (Å²) in [6, 6.07) is 11.5. The zero-order chi connectivity index (χ0) is 41.4. The number of rotatable bonds is 11. The lowest BCUT2D eigenvalue weighted by Crippen LogP contribution is -2.54. The lowest BCUT2D eigenvalue weighted by atomic mass is 9.95. The number of fused-ring (bicyclic) bond motifs is 2. The van der Waals surface area contributed by atoms with E-state index in [0.29, 0.717) is 40.5 Å². The number of pyridine rings is 1. The summed E-state index contributed by atoms with van der Waals surface area (Å²) >= 11 is 6.57. The monoisotopic (exact) mass is 824 g/mol. The molecule has 3 N–H and O–H groups in total. The Morgan fingerprint density at radius 1 is 0.915 bits per heavy atom. The smallest absolute Gasteiger partial charge is 0.293 e. The highest BCUT2D eigenvalue weighted by Crippen LogP contribution is 2.33. The van der Waals surface area contributed by atoms with Gasteiger partial charge in [0.05, 0.1) is 22.8 Å². The molecule has 0 bridgehead atoms. The van der Waals surface area contributed by atoms with Crippen LogP contribution in [0.1, 0.15) is 53.3 Å². The molecule has 6 heterocycles. The first kappa shape index (κ1) is 39.7. The molecule has 17 nitrogen and oxygen atoms in total. The van der Waals surface area contributed by atoms with Gasteiger partial charge in [-0.05, 0) is 74.6 Å². The summed E-state index contributed by atoms with van der Waals surface area (Å²) in [5, 5.41) is 9.15. The van der Waals surface area contributed by atoms with E-state index in [1.165, 1.54) is 7.05 Å². The second-order valence-electron chi connectivity index (χ2n) is 15.2. The molecule has 0 saturated carbocycles. The van der Waals surface area contributed by atoms with E-state index in [-0.39, 0.29) is 42.2 Å². The molecule has 1 unspecified atom stereocenters. The van der Waals surface area contributed by atoms with Gasteiger partial charge in [-0.3, -0.25) is 43.9 Å². The number of hydrogen-bond donors (Lipinski definition) is 3. The molecule has 308 valence electrons. The minimum Gasteiger partial charge on any atom is -0.478 e. The van der Waals surface area contributed by atoms with Gasteiger partial charge in [-0.1, -0.05) is 11.6 Å². The van der Waals surface area contributed by atoms with Crippen LogP contribution in [-0.2, 0) is 20.9 Å². The number of halogens is 1. The van der Waals surface area contributed by atoms with Gasteiger partial charge in [-0.15, -0.1) is 0 Å². The molecule has 5 amide bonds. The van der Waals surface area contributed by atoms with E-state index >= 15 is 0 Å². The van der Waals surface area contributed by atoms with Crippen molar-refractivity contribution in [1.29, 1.82) is 0 Å². The van der Waals surface area contributed by atoms with Crippen LogP contribution in [0.5, 0.6) is 5.75 Å². The fraction of sp³-hybridized carbons (Fsp3) is 0.415. The van der Waals surface area contributed by atoms with Crippen molar-refractivity contribution in [2.45, 2.75) is 45.2 Å². The molecule has 8 rings (SSSR count). The average molecular weight is 825 g/mol. The van der Waals surface area contributed by atoms with Gasteiger partial charge >= 0.3 is 0 Å². The van der Waals surface area contributed by atoms with Crippen molar-refractivity contribution in [2.75, 3.05) is 74.6 Å². The second-order valence-corrected chi connectivity index (χ2v) is 15.6. The highest BCUT2D eigenvalue weighted by atomic mass is 35.5. The normalized spacial score (nSPS) is 19.0. The number of ether oxygens (including phenoxy) is 1. The highest BCUT2D eigenvalue weighted by Gasteiger charge is 2.45. The average Bonchev–Trinajstić information content (AvgIpc) is 3.49. The second kappa shape index (κ2) is 16.7. The molecule has 3 fully saturated rings. The molecule has 0 aliphatic carbocycles. The van der Waals surface area contributed by atoms with Crippen molar-refractivity contribution in [3.8, 4) is 5.75 Å². The maximum atomic E-state index is 13.4. The van der Waals surface area contributed by atoms with Crippen molar-refractivity contribution >= 4 is 75.2 Å². The Morgan fingerprint density at radius 3 is 2.41 bits per heavy atom. The van der Waals surface area contributed by atoms with Gasteiger partial charge < -0.3 is 29.7 Å². The number of aryl methyl sites for hydroxylation is 1. The molecule has 59 heavy (non-hydrogen) atoms. The minimum atomic E-state index is -0.985. The number of piperazine rings is 1. The highest BCUT2D eigenvalue weighted by molar-refractivity contribution is 6.33. The molecule has 2 aromatic carbocycles. The van der Waals surface area contributed by atoms with Crippen molar-refractivity contribution in [3.05, 3.63) is 75.2 Å². The Morgan fingerprint density at radius 2 is 1.68 bits per heavy atom. The first-order valence-corrected chi connectivity index (χ1v) is 20.3. The summed E-state index contributed by atoms with van der Waals surface area (Å²) in [5.74, 6) is -0.728. The molecule has 0 spiro atoms. The summed E-state index contributed by atoms with van der Waals surface area (Å²) in [5.41, 5.74) is 2.57. The number of likely N-dealkylation sites (N-methyl/N-ethyl adjacent to an activating group) is 1. The number of piperidine rings is 2. The van der Waals surface area contributed by atoms with Crippen LogP contribution in [0.15, 0.2) is 53.5 Å². The van der Waals surface area contributed by atoms with Gasteiger partial charge in [0.1, 0.15) is 11.1 Å². The molecule has 4 aromatic rings. The lowest BCUT2D eigenvalue weighted by Gasteiger charge is -2.39. The fourth-order valence-corrected chi connectivity index (χ4v) is 8.47. The number of aromatic nitrogens is 3. The summed E-state index contributed by atoms with van der Waals surface area (Å²) < 4.78 is 7.16. The van der Waals surface area contributed by atoms with Crippen molar-refractivity contribution < 1.29 is 28.7 Å². The van der Waals surface area contributed by atoms with E-state index in [4.69, 9.17) is 21.3 Å². The van der Waals surface area contributed by atoms with Crippen molar-refractivity contribution in [1.82, 2.24) is 35.0 Å². The van der Waals surface area contributed by atoms with Crippen LogP contribution < -0.4 is 36.0 Å². The Balaban J connectivity index is 0.848. The molecule has 4 aliphatic rings. The fourth-order valence-electron chi connectivity index (χ4n) is 8.33.